The molecule has 0 amide bonds. The molecule has 0 aliphatic rings. The molecular formula is C12H20O3. The van der Waals surface area contributed by atoms with E-state index in [2.05, 4.69) is 4.74 Å². The number of carbonyl (C=O) groups excluding carboxylic acids is 2. The first-order valence-electron chi connectivity index (χ1n) is 5.37. The molecule has 0 aliphatic heterocycles. The summed E-state index contributed by atoms with van der Waals surface area (Å²) in [5.41, 5.74) is 0.944. The van der Waals surface area contributed by atoms with Crippen LogP contribution < -0.4 is 0 Å². The SMILES string of the molecule is CCCC(C)=CC(=O)OC(=O)CC(C)C. The number of allylic oxidation sites excluding steroid dienone is 1. The molecule has 3 nitrogen and oxygen atoms in total. The van der Waals surface area contributed by atoms with Gasteiger partial charge in [0.05, 0.1) is 0 Å². The summed E-state index contributed by atoms with van der Waals surface area (Å²) in [6, 6.07) is 0. The van der Waals surface area contributed by atoms with Crippen LogP contribution in [0.25, 0.3) is 0 Å². The lowest BCUT2D eigenvalue weighted by atomic mass is 10.1. The second-order valence-corrected chi connectivity index (χ2v) is 4.13. The van der Waals surface area contributed by atoms with Crippen LogP contribution in [0.3, 0.4) is 0 Å². The fraction of sp³-hybridized carbons (Fsp3) is 0.667. The van der Waals surface area contributed by atoms with Crippen molar-refractivity contribution in [3.05, 3.63) is 11.6 Å². The summed E-state index contributed by atoms with van der Waals surface area (Å²) < 4.78 is 4.62. The third-order valence-electron chi connectivity index (χ3n) is 1.80. The van der Waals surface area contributed by atoms with Crippen molar-refractivity contribution in [3.8, 4) is 0 Å². The van der Waals surface area contributed by atoms with Gasteiger partial charge >= 0.3 is 11.9 Å². The van der Waals surface area contributed by atoms with Gasteiger partial charge in [0.1, 0.15) is 0 Å². The highest BCUT2D eigenvalue weighted by Crippen LogP contribution is 2.05. The molecule has 0 aromatic rings. The number of ether oxygens (including phenoxy) is 1. The van der Waals surface area contributed by atoms with Crippen molar-refractivity contribution >= 4 is 11.9 Å². The minimum atomic E-state index is -0.549. The van der Waals surface area contributed by atoms with Crippen LogP contribution in [0.4, 0.5) is 0 Å². The standard InChI is InChI=1S/C12H20O3/c1-5-6-10(4)8-12(14)15-11(13)7-9(2)3/h8-9H,5-7H2,1-4H3. The molecule has 0 spiro atoms. The van der Waals surface area contributed by atoms with E-state index in [0.717, 1.165) is 18.4 Å². The van der Waals surface area contributed by atoms with Gasteiger partial charge in [-0.3, -0.25) is 4.79 Å². The van der Waals surface area contributed by atoms with E-state index < -0.39 is 11.9 Å². The zero-order valence-corrected chi connectivity index (χ0v) is 10.0. The Morgan fingerprint density at radius 1 is 1.33 bits per heavy atom. The molecule has 0 unspecified atom stereocenters. The van der Waals surface area contributed by atoms with E-state index in [1.54, 1.807) is 0 Å². The molecule has 0 radical (unpaired) electrons. The highest BCUT2D eigenvalue weighted by atomic mass is 16.6. The molecule has 3 heteroatoms. The quantitative estimate of drug-likeness (QED) is 0.400. The summed E-state index contributed by atoms with van der Waals surface area (Å²) in [4.78, 5) is 22.3. The normalized spacial score (nSPS) is 11.7. The summed E-state index contributed by atoms with van der Waals surface area (Å²) >= 11 is 0. The summed E-state index contributed by atoms with van der Waals surface area (Å²) in [5, 5.41) is 0. The number of esters is 2. The Hall–Kier alpha value is -1.12. The van der Waals surface area contributed by atoms with Crippen LogP contribution in [0, 0.1) is 5.92 Å². The Kier molecular flexibility index (Phi) is 6.67. The van der Waals surface area contributed by atoms with Crippen molar-refractivity contribution in [2.75, 3.05) is 0 Å². The van der Waals surface area contributed by atoms with Gasteiger partial charge in [-0.25, -0.2) is 4.79 Å². The largest absolute Gasteiger partial charge is 0.390 e. The summed E-state index contributed by atoms with van der Waals surface area (Å²) in [5.74, 6) is -0.784. The second-order valence-electron chi connectivity index (χ2n) is 4.13. The first-order chi connectivity index (χ1) is 6.95. The molecule has 0 rings (SSSR count). The van der Waals surface area contributed by atoms with Gasteiger partial charge < -0.3 is 4.74 Å². The molecule has 0 aliphatic carbocycles. The van der Waals surface area contributed by atoms with E-state index in [4.69, 9.17) is 0 Å². The van der Waals surface area contributed by atoms with E-state index >= 15 is 0 Å². The van der Waals surface area contributed by atoms with Crippen LogP contribution in [0.1, 0.15) is 47.0 Å². The molecule has 0 atom stereocenters. The summed E-state index contributed by atoms with van der Waals surface area (Å²) in [7, 11) is 0. The van der Waals surface area contributed by atoms with Gasteiger partial charge in [0.15, 0.2) is 0 Å². The molecule has 86 valence electrons. The van der Waals surface area contributed by atoms with Crippen molar-refractivity contribution in [2.24, 2.45) is 5.92 Å². The minimum absolute atomic E-state index is 0.214. The molecule has 0 heterocycles. The lowest BCUT2D eigenvalue weighted by Gasteiger charge is -2.03. The lowest BCUT2D eigenvalue weighted by Crippen LogP contribution is -2.12. The van der Waals surface area contributed by atoms with Gasteiger partial charge in [0.25, 0.3) is 0 Å². The fourth-order valence-corrected chi connectivity index (χ4v) is 1.18. The monoisotopic (exact) mass is 212 g/mol. The molecule has 15 heavy (non-hydrogen) atoms. The van der Waals surface area contributed by atoms with Crippen molar-refractivity contribution in [2.45, 2.75) is 47.0 Å². The lowest BCUT2D eigenvalue weighted by molar-refractivity contribution is -0.156. The molecule has 0 saturated carbocycles. The number of carbonyl (C=O) groups is 2. The smallest absolute Gasteiger partial charge is 0.338 e. The maximum atomic E-state index is 11.2. The Balaban J connectivity index is 4.03. The third-order valence-corrected chi connectivity index (χ3v) is 1.80. The Morgan fingerprint density at radius 2 is 1.93 bits per heavy atom. The topological polar surface area (TPSA) is 43.4 Å². The number of rotatable bonds is 5. The van der Waals surface area contributed by atoms with Crippen LogP contribution in [-0.2, 0) is 14.3 Å². The average molecular weight is 212 g/mol. The first-order valence-corrected chi connectivity index (χ1v) is 5.37. The predicted molar refractivity (Wildman–Crippen MR) is 59.2 cm³/mol. The van der Waals surface area contributed by atoms with Crippen molar-refractivity contribution in [3.63, 3.8) is 0 Å². The molecule has 0 aromatic heterocycles. The minimum Gasteiger partial charge on any atom is -0.390 e. The highest BCUT2D eigenvalue weighted by molar-refractivity contribution is 5.92. The Bertz CT molecular complexity index is 252. The van der Waals surface area contributed by atoms with Gasteiger partial charge in [-0.15, -0.1) is 0 Å². The van der Waals surface area contributed by atoms with Gasteiger partial charge in [-0.2, -0.15) is 0 Å². The van der Waals surface area contributed by atoms with E-state index in [9.17, 15) is 9.59 Å². The molecule has 0 saturated heterocycles. The van der Waals surface area contributed by atoms with Gasteiger partial charge in [-0.1, -0.05) is 32.8 Å². The molecule has 0 aromatic carbocycles. The molecule has 0 fully saturated rings. The van der Waals surface area contributed by atoms with E-state index in [0.29, 0.717) is 0 Å². The third kappa shape index (κ3) is 7.91. The van der Waals surface area contributed by atoms with Gasteiger partial charge in [0.2, 0.25) is 0 Å². The van der Waals surface area contributed by atoms with E-state index in [1.807, 2.05) is 27.7 Å². The van der Waals surface area contributed by atoms with Crippen LogP contribution in [0.2, 0.25) is 0 Å². The maximum Gasteiger partial charge on any atom is 0.338 e. The van der Waals surface area contributed by atoms with Crippen LogP contribution in [0.15, 0.2) is 11.6 Å². The van der Waals surface area contributed by atoms with Crippen molar-refractivity contribution in [1.29, 1.82) is 0 Å². The Labute approximate surface area is 91.5 Å². The average Bonchev–Trinajstić information content (AvgIpc) is 2.00. The van der Waals surface area contributed by atoms with E-state index in [1.165, 1.54) is 6.08 Å². The van der Waals surface area contributed by atoms with E-state index in [-0.39, 0.29) is 12.3 Å². The highest BCUT2D eigenvalue weighted by Gasteiger charge is 2.10. The van der Waals surface area contributed by atoms with Crippen molar-refractivity contribution in [1.82, 2.24) is 0 Å². The predicted octanol–water partition coefficient (Wildman–Crippen LogP) is 2.85. The Morgan fingerprint density at radius 3 is 2.40 bits per heavy atom. The second kappa shape index (κ2) is 7.21. The molecular weight excluding hydrogens is 192 g/mol. The molecule has 0 N–H and O–H groups in total. The van der Waals surface area contributed by atoms with Crippen LogP contribution in [0.5, 0.6) is 0 Å². The van der Waals surface area contributed by atoms with Crippen LogP contribution in [-0.4, -0.2) is 11.9 Å². The fourth-order valence-electron chi connectivity index (χ4n) is 1.18. The summed E-state index contributed by atoms with van der Waals surface area (Å²) in [6.45, 7) is 7.71. The zero-order valence-electron chi connectivity index (χ0n) is 10.0. The number of hydrogen-bond donors (Lipinski definition) is 0. The molecule has 0 bridgehead atoms. The van der Waals surface area contributed by atoms with Gasteiger partial charge in [-0.05, 0) is 19.3 Å². The van der Waals surface area contributed by atoms with Gasteiger partial charge in [0, 0.05) is 12.5 Å². The summed E-state index contributed by atoms with van der Waals surface area (Å²) in [6.07, 6.45) is 3.51. The maximum absolute atomic E-state index is 11.2. The first kappa shape index (κ1) is 13.9. The number of hydrogen-bond acceptors (Lipinski definition) is 3. The zero-order chi connectivity index (χ0) is 11.8. The van der Waals surface area contributed by atoms with Crippen LogP contribution >= 0.6 is 0 Å². The van der Waals surface area contributed by atoms with Crippen molar-refractivity contribution < 1.29 is 14.3 Å².